The number of unbranched alkanes of at least 4 members (excludes halogenated alkanes) is 24. The molecule has 0 rings (SSSR count). The topological polar surface area (TPSA) is 149 Å². The van der Waals surface area contributed by atoms with Crippen LogP contribution in [0, 0.1) is 0 Å². The molecule has 0 amide bonds. The SMILES string of the molecule is CCCCCCCC/C=C\CCCCCCCCCC(=O)OC(CO)COP(=O)(O)OCC(CO)OC(=O)CCCCCCCCCCCCCC. The van der Waals surface area contributed by atoms with Crippen molar-refractivity contribution < 1.29 is 47.8 Å². The van der Waals surface area contributed by atoms with Crippen LogP contribution in [0.25, 0.3) is 0 Å². The highest BCUT2D eigenvalue weighted by Gasteiger charge is 2.27. The monoisotopic (exact) mass is 763 g/mol. The molecule has 0 aromatic heterocycles. The number of phosphoric ester groups is 1. The molecule has 0 fully saturated rings. The molecule has 0 spiro atoms. The maximum absolute atomic E-state index is 12.3. The molecule has 0 radical (unpaired) electrons. The predicted octanol–water partition coefficient (Wildman–Crippen LogP) is 10.8. The highest BCUT2D eigenvalue weighted by molar-refractivity contribution is 7.47. The zero-order chi connectivity index (χ0) is 38.4. The highest BCUT2D eigenvalue weighted by atomic mass is 31.2. The predicted molar refractivity (Wildman–Crippen MR) is 210 cm³/mol. The van der Waals surface area contributed by atoms with E-state index in [1.807, 2.05) is 0 Å². The first-order valence-electron chi connectivity index (χ1n) is 21.1. The van der Waals surface area contributed by atoms with Gasteiger partial charge in [0.1, 0.15) is 12.2 Å². The molecule has 11 heteroatoms. The van der Waals surface area contributed by atoms with Gasteiger partial charge in [-0.3, -0.25) is 18.6 Å². The number of carbonyl (C=O) groups excluding carboxylic acids is 2. The van der Waals surface area contributed by atoms with Crippen molar-refractivity contribution >= 4 is 19.8 Å². The van der Waals surface area contributed by atoms with E-state index in [1.165, 1.54) is 116 Å². The average molecular weight is 763 g/mol. The Hall–Kier alpha value is -1.29. The molecule has 0 aromatic carbocycles. The smallest absolute Gasteiger partial charge is 0.457 e. The molecule has 3 N–H and O–H groups in total. The van der Waals surface area contributed by atoms with E-state index in [0.717, 1.165) is 44.9 Å². The minimum Gasteiger partial charge on any atom is -0.457 e. The van der Waals surface area contributed by atoms with Crippen LogP contribution in [-0.4, -0.2) is 65.7 Å². The van der Waals surface area contributed by atoms with E-state index in [-0.39, 0.29) is 12.8 Å². The summed E-state index contributed by atoms with van der Waals surface area (Å²) in [7, 11) is -4.63. The van der Waals surface area contributed by atoms with Crippen LogP contribution in [0.5, 0.6) is 0 Å². The fraction of sp³-hybridized carbons (Fsp3) is 0.902. The number of hydrogen-bond donors (Lipinski definition) is 3. The zero-order valence-electron chi connectivity index (χ0n) is 33.3. The summed E-state index contributed by atoms with van der Waals surface area (Å²) in [5.41, 5.74) is 0. The van der Waals surface area contributed by atoms with Gasteiger partial charge in [-0.15, -0.1) is 0 Å². The maximum atomic E-state index is 12.3. The lowest BCUT2D eigenvalue weighted by atomic mass is 10.0. The minimum absolute atomic E-state index is 0.190. The Morgan fingerprint density at radius 3 is 1.10 bits per heavy atom. The molecule has 0 aromatic rings. The van der Waals surface area contributed by atoms with E-state index in [4.69, 9.17) is 18.5 Å². The summed E-state index contributed by atoms with van der Waals surface area (Å²) in [6.07, 6.45) is 34.7. The molecule has 0 aliphatic rings. The van der Waals surface area contributed by atoms with Crippen molar-refractivity contribution in [2.45, 2.75) is 212 Å². The molecule has 308 valence electrons. The van der Waals surface area contributed by atoms with Gasteiger partial charge in [0.2, 0.25) is 0 Å². The van der Waals surface area contributed by atoms with Crippen LogP contribution < -0.4 is 0 Å². The van der Waals surface area contributed by atoms with E-state index in [2.05, 4.69) is 26.0 Å². The van der Waals surface area contributed by atoms with Gasteiger partial charge >= 0.3 is 19.8 Å². The van der Waals surface area contributed by atoms with E-state index < -0.39 is 58.4 Å². The van der Waals surface area contributed by atoms with Gasteiger partial charge in [0.25, 0.3) is 0 Å². The summed E-state index contributed by atoms with van der Waals surface area (Å²) in [5.74, 6) is -1.02. The van der Waals surface area contributed by atoms with Gasteiger partial charge in [-0.25, -0.2) is 4.57 Å². The van der Waals surface area contributed by atoms with Crippen molar-refractivity contribution in [3.8, 4) is 0 Å². The summed E-state index contributed by atoms with van der Waals surface area (Å²) in [6, 6.07) is 0. The Kier molecular flexibility index (Phi) is 37.1. The average Bonchev–Trinajstić information content (AvgIpc) is 3.13. The first-order chi connectivity index (χ1) is 25.3. The van der Waals surface area contributed by atoms with E-state index >= 15 is 0 Å². The third kappa shape index (κ3) is 35.7. The molecule has 0 aliphatic heterocycles. The second kappa shape index (κ2) is 38.0. The minimum atomic E-state index is -4.63. The van der Waals surface area contributed by atoms with Crippen molar-refractivity contribution in [3.05, 3.63) is 12.2 Å². The molecule has 0 bridgehead atoms. The van der Waals surface area contributed by atoms with E-state index in [1.54, 1.807) is 0 Å². The van der Waals surface area contributed by atoms with E-state index in [0.29, 0.717) is 12.8 Å². The Morgan fingerprint density at radius 1 is 0.500 bits per heavy atom. The fourth-order valence-electron chi connectivity index (χ4n) is 5.93. The lowest BCUT2D eigenvalue weighted by Gasteiger charge is -2.20. The number of phosphoric acid groups is 1. The Balaban J connectivity index is 3.92. The third-order valence-corrected chi connectivity index (χ3v) is 10.2. The number of esters is 2. The third-order valence-electron chi connectivity index (χ3n) is 9.23. The zero-order valence-corrected chi connectivity index (χ0v) is 34.2. The molecule has 0 heterocycles. The van der Waals surface area contributed by atoms with Gasteiger partial charge in [-0.1, -0.05) is 161 Å². The van der Waals surface area contributed by atoms with Gasteiger partial charge in [0, 0.05) is 12.8 Å². The van der Waals surface area contributed by atoms with Crippen LogP contribution in [0.3, 0.4) is 0 Å². The van der Waals surface area contributed by atoms with Crippen LogP contribution >= 0.6 is 7.82 Å². The van der Waals surface area contributed by atoms with E-state index in [9.17, 15) is 29.3 Å². The van der Waals surface area contributed by atoms with Crippen LogP contribution in [0.1, 0.15) is 200 Å². The quantitative estimate of drug-likeness (QED) is 0.0238. The number of hydrogen-bond acceptors (Lipinski definition) is 9. The fourth-order valence-corrected chi connectivity index (χ4v) is 6.72. The summed E-state index contributed by atoms with van der Waals surface area (Å²) in [5, 5.41) is 19.1. The Bertz CT molecular complexity index is 884. The molecule has 3 atom stereocenters. The highest BCUT2D eigenvalue weighted by Crippen LogP contribution is 2.43. The normalized spacial score (nSPS) is 14.0. The largest absolute Gasteiger partial charge is 0.472 e. The standard InChI is InChI=1S/C41H79O10P/c1-3-5-7-9-11-13-15-17-18-19-20-21-23-25-27-29-31-33-41(45)51-39(35-43)37-49-52(46,47)48-36-38(34-42)50-40(44)32-30-28-26-24-22-16-14-12-10-8-6-4-2/h17-18,38-39,42-43H,3-16,19-37H2,1-2H3,(H,46,47)/b18-17-. The summed E-state index contributed by atoms with van der Waals surface area (Å²) in [6.45, 7) is 2.21. The first-order valence-corrected chi connectivity index (χ1v) is 22.6. The molecular formula is C41H79O10P. The lowest BCUT2D eigenvalue weighted by Crippen LogP contribution is -2.28. The van der Waals surface area contributed by atoms with Gasteiger partial charge < -0.3 is 24.6 Å². The number of aliphatic hydroxyl groups is 2. The summed E-state index contributed by atoms with van der Waals surface area (Å²) >= 11 is 0. The van der Waals surface area contributed by atoms with Crippen LogP contribution in [0.2, 0.25) is 0 Å². The summed E-state index contributed by atoms with van der Waals surface area (Å²) < 4.78 is 32.5. The Labute approximate surface area is 317 Å². The van der Waals surface area contributed by atoms with Gasteiger partial charge in [-0.05, 0) is 38.5 Å². The number of aliphatic hydroxyl groups excluding tert-OH is 2. The number of carbonyl (C=O) groups is 2. The van der Waals surface area contributed by atoms with Gasteiger partial charge in [0.15, 0.2) is 0 Å². The second-order valence-corrected chi connectivity index (χ2v) is 15.8. The van der Waals surface area contributed by atoms with Crippen molar-refractivity contribution in [3.63, 3.8) is 0 Å². The number of rotatable bonds is 40. The molecule has 52 heavy (non-hydrogen) atoms. The van der Waals surface area contributed by atoms with Crippen LogP contribution in [-0.2, 0) is 32.7 Å². The molecule has 10 nitrogen and oxygen atoms in total. The lowest BCUT2D eigenvalue weighted by molar-refractivity contribution is -0.153. The van der Waals surface area contributed by atoms with Crippen molar-refractivity contribution in [2.24, 2.45) is 0 Å². The molecule has 3 unspecified atom stereocenters. The maximum Gasteiger partial charge on any atom is 0.472 e. The number of allylic oxidation sites excluding steroid dienone is 2. The first kappa shape index (κ1) is 50.7. The van der Waals surface area contributed by atoms with Crippen molar-refractivity contribution in [2.75, 3.05) is 26.4 Å². The molecule has 0 saturated carbocycles. The molecule has 0 saturated heterocycles. The van der Waals surface area contributed by atoms with Gasteiger partial charge in [-0.2, -0.15) is 0 Å². The van der Waals surface area contributed by atoms with Crippen LogP contribution in [0.4, 0.5) is 0 Å². The van der Waals surface area contributed by atoms with Crippen molar-refractivity contribution in [1.29, 1.82) is 0 Å². The second-order valence-electron chi connectivity index (χ2n) is 14.3. The van der Waals surface area contributed by atoms with Crippen LogP contribution in [0.15, 0.2) is 12.2 Å². The molecular weight excluding hydrogens is 683 g/mol. The van der Waals surface area contributed by atoms with Crippen molar-refractivity contribution in [1.82, 2.24) is 0 Å². The summed E-state index contributed by atoms with van der Waals surface area (Å²) in [4.78, 5) is 34.4. The number of ether oxygens (including phenoxy) is 2. The molecule has 0 aliphatic carbocycles. The van der Waals surface area contributed by atoms with Gasteiger partial charge in [0.05, 0.1) is 26.4 Å². The Morgan fingerprint density at radius 2 is 0.788 bits per heavy atom.